The zero-order valence-corrected chi connectivity index (χ0v) is 20.6. The van der Waals surface area contributed by atoms with Crippen LogP contribution in [0.5, 0.6) is 0 Å². The van der Waals surface area contributed by atoms with Gasteiger partial charge >= 0.3 is 24.4 Å². The number of benzene rings is 1. The number of nitrogens with zero attached hydrogens (tertiary/aromatic N) is 5. The first-order valence-corrected chi connectivity index (χ1v) is 11.4. The number of alkyl halides is 8. The molecular formula is C22H13ClF8N6O4. The van der Waals surface area contributed by atoms with Gasteiger partial charge in [-0.25, -0.2) is 9.48 Å². The maximum Gasteiger partial charge on any atom is 0.507 e. The second-order valence-corrected chi connectivity index (χ2v) is 9.06. The zero-order valence-electron chi connectivity index (χ0n) is 19.8. The molecular weight excluding hydrogens is 600 g/mol. The molecule has 0 bridgehead atoms. The number of H-pyrrole nitrogens is 1. The molecule has 1 aromatic carbocycles. The molecule has 2 heterocycles. The maximum atomic E-state index is 13.9. The van der Waals surface area contributed by atoms with E-state index in [4.69, 9.17) is 16.7 Å². The molecule has 218 valence electrons. The Kier molecular flexibility index (Phi) is 7.14. The lowest BCUT2D eigenvalue weighted by molar-refractivity contribution is -0.292. The number of carboxylic acid groups (broad SMARTS) is 1. The number of rotatable bonds is 7. The summed E-state index contributed by atoms with van der Waals surface area (Å²) in [4.78, 5) is 25.0. The molecule has 2 N–H and O–H groups in total. The van der Waals surface area contributed by atoms with Gasteiger partial charge in [-0.15, -0.1) is 0 Å². The highest BCUT2D eigenvalue weighted by Crippen LogP contribution is 2.49. The first-order chi connectivity index (χ1) is 18.9. The lowest BCUT2D eigenvalue weighted by atomic mass is 10.0. The second kappa shape index (κ2) is 9.90. The lowest BCUT2D eigenvalue weighted by Gasteiger charge is -2.26. The van der Waals surface area contributed by atoms with Gasteiger partial charge in [-0.2, -0.15) is 50.6 Å². The molecule has 2 aromatic heterocycles. The highest BCUT2D eigenvalue weighted by Gasteiger charge is 2.63. The van der Waals surface area contributed by atoms with Gasteiger partial charge < -0.3 is 9.84 Å². The molecule has 0 aliphatic heterocycles. The molecule has 1 amide bonds. The van der Waals surface area contributed by atoms with Crippen molar-refractivity contribution in [2.75, 3.05) is 6.73 Å². The summed E-state index contributed by atoms with van der Waals surface area (Å²) in [5, 5.41) is 25.9. The van der Waals surface area contributed by atoms with Gasteiger partial charge in [0.05, 0.1) is 22.9 Å². The Labute approximate surface area is 227 Å². The van der Waals surface area contributed by atoms with Crippen LogP contribution in [0.1, 0.15) is 34.5 Å². The maximum absolute atomic E-state index is 13.9. The van der Waals surface area contributed by atoms with Crippen molar-refractivity contribution >= 4 is 23.7 Å². The molecule has 4 rings (SSSR count). The average molecular weight is 613 g/mol. The summed E-state index contributed by atoms with van der Waals surface area (Å²) in [6, 6.07) is 5.52. The molecule has 1 aliphatic carbocycles. The zero-order chi connectivity index (χ0) is 30.5. The Morgan fingerprint density at radius 1 is 1.17 bits per heavy atom. The van der Waals surface area contributed by atoms with Crippen LogP contribution < -0.4 is 0 Å². The third-order valence-corrected chi connectivity index (χ3v) is 6.37. The molecule has 1 saturated carbocycles. The third-order valence-electron chi connectivity index (χ3n) is 6.04. The minimum Gasteiger partial charge on any atom is -0.450 e. The SMILES string of the molecule is N#CC1(N(COC(=O)O)C(=O)c2cc(-c3cnn(-c4n[nH]c(C(F)(F)C(F)(F)F)c4C(F)(F)F)c3)ccc2Cl)CC1. The molecule has 3 aromatic rings. The number of ether oxygens (including phenoxy) is 1. The van der Waals surface area contributed by atoms with E-state index in [0.717, 1.165) is 28.5 Å². The number of amides is 1. The molecule has 0 saturated heterocycles. The fourth-order valence-electron chi connectivity index (χ4n) is 3.79. The number of hydrogen-bond acceptors (Lipinski definition) is 6. The van der Waals surface area contributed by atoms with Crippen molar-refractivity contribution in [1.82, 2.24) is 24.9 Å². The second-order valence-electron chi connectivity index (χ2n) is 8.65. The molecule has 10 nitrogen and oxygen atoms in total. The van der Waals surface area contributed by atoms with Crippen molar-refractivity contribution in [1.29, 1.82) is 5.26 Å². The van der Waals surface area contributed by atoms with Gasteiger partial charge in [0.1, 0.15) is 16.8 Å². The Morgan fingerprint density at radius 3 is 2.37 bits per heavy atom. The molecule has 1 fully saturated rings. The summed E-state index contributed by atoms with van der Waals surface area (Å²) in [6.45, 7) is -0.815. The molecule has 1 aliphatic rings. The van der Waals surface area contributed by atoms with E-state index in [-0.39, 0.29) is 34.6 Å². The van der Waals surface area contributed by atoms with E-state index >= 15 is 0 Å². The van der Waals surface area contributed by atoms with Crippen LogP contribution in [0, 0.1) is 11.3 Å². The third kappa shape index (κ3) is 5.36. The molecule has 0 spiro atoms. The van der Waals surface area contributed by atoms with Gasteiger partial charge in [-0.1, -0.05) is 17.7 Å². The highest BCUT2D eigenvalue weighted by atomic mass is 35.5. The van der Waals surface area contributed by atoms with Crippen LogP contribution >= 0.6 is 11.6 Å². The van der Waals surface area contributed by atoms with Crippen LogP contribution in [0.25, 0.3) is 16.9 Å². The number of carbonyl (C=O) groups is 2. The number of aromatic nitrogens is 4. The van der Waals surface area contributed by atoms with E-state index in [2.05, 4.69) is 14.9 Å². The number of carbonyl (C=O) groups excluding carboxylic acids is 1. The molecule has 41 heavy (non-hydrogen) atoms. The number of hydrogen-bond donors (Lipinski definition) is 2. The van der Waals surface area contributed by atoms with Crippen molar-refractivity contribution in [2.45, 2.75) is 36.7 Å². The van der Waals surface area contributed by atoms with E-state index in [1.165, 1.54) is 12.1 Å². The summed E-state index contributed by atoms with van der Waals surface area (Å²) in [5.74, 6) is -8.26. The standard InChI is InChI=1S/C22H13ClF8N6O4/c23-13-2-1-10(5-12(13)17(38)36(9-41-18(39)40)19(8-32)3-4-19)11-6-33-37(7-11)16-14(21(26,27)28)15(34-35-16)20(24,25)22(29,30)31/h1-2,5-7H,3-4,9H2,(H,34,35)(H,39,40). The predicted molar refractivity (Wildman–Crippen MR) is 119 cm³/mol. The van der Waals surface area contributed by atoms with Crippen molar-refractivity contribution in [3.05, 3.63) is 52.4 Å². The Bertz CT molecular complexity index is 1550. The minimum atomic E-state index is -6.37. The van der Waals surface area contributed by atoms with E-state index in [1.807, 2.05) is 6.07 Å². The summed E-state index contributed by atoms with van der Waals surface area (Å²) in [6.07, 6.45) is -11.6. The van der Waals surface area contributed by atoms with Gasteiger partial charge in [0, 0.05) is 11.8 Å². The molecule has 0 radical (unpaired) electrons. The lowest BCUT2D eigenvalue weighted by Crippen LogP contribution is -2.43. The summed E-state index contributed by atoms with van der Waals surface area (Å²) < 4.78 is 112. The van der Waals surface area contributed by atoms with Crippen LogP contribution in [-0.4, -0.2) is 60.5 Å². The predicted octanol–water partition coefficient (Wildman–Crippen LogP) is 5.74. The average Bonchev–Trinajstić information content (AvgIpc) is 3.27. The summed E-state index contributed by atoms with van der Waals surface area (Å²) in [5.41, 5.74) is -6.54. The van der Waals surface area contributed by atoms with Crippen LogP contribution in [0.3, 0.4) is 0 Å². The minimum absolute atomic E-state index is 0.0503. The Hall–Kier alpha value is -4.40. The largest absolute Gasteiger partial charge is 0.507 e. The van der Waals surface area contributed by atoms with Crippen molar-refractivity contribution in [3.63, 3.8) is 0 Å². The van der Waals surface area contributed by atoms with E-state index in [9.17, 15) is 50.0 Å². The highest BCUT2D eigenvalue weighted by molar-refractivity contribution is 6.34. The van der Waals surface area contributed by atoms with E-state index in [0.29, 0.717) is 4.68 Å². The molecule has 0 unspecified atom stereocenters. The Balaban J connectivity index is 1.73. The monoisotopic (exact) mass is 612 g/mol. The summed E-state index contributed by atoms with van der Waals surface area (Å²) >= 11 is 6.14. The van der Waals surface area contributed by atoms with Crippen LogP contribution in [-0.2, 0) is 16.8 Å². The van der Waals surface area contributed by atoms with Gasteiger partial charge in [0.15, 0.2) is 12.5 Å². The number of nitriles is 1. The van der Waals surface area contributed by atoms with Crippen molar-refractivity contribution in [3.8, 4) is 23.0 Å². The molecule has 0 atom stereocenters. The number of nitrogens with one attached hydrogen (secondary N) is 1. The fraction of sp³-hybridized carbons (Fsp3) is 0.318. The van der Waals surface area contributed by atoms with Crippen LogP contribution in [0.2, 0.25) is 5.02 Å². The Morgan fingerprint density at radius 2 is 1.83 bits per heavy atom. The van der Waals surface area contributed by atoms with Crippen molar-refractivity contribution in [2.24, 2.45) is 0 Å². The van der Waals surface area contributed by atoms with Gasteiger partial charge in [0.25, 0.3) is 5.91 Å². The number of halogens is 9. The van der Waals surface area contributed by atoms with Gasteiger partial charge in [-0.05, 0) is 30.5 Å². The van der Waals surface area contributed by atoms with Crippen LogP contribution in [0.15, 0.2) is 30.6 Å². The van der Waals surface area contributed by atoms with Crippen LogP contribution in [0.4, 0.5) is 39.9 Å². The smallest absolute Gasteiger partial charge is 0.450 e. The first kappa shape index (κ1) is 29.6. The van der Waals surface area contributed by atoms with E-state index < -0.39 is 59.7 Å². The quantitative estimate of drug-likeness (QED) is 0.197. The molecule has 19 heteroatoms. The summed E-state index contributed by atoms with van der Waals surface area (Å²) in [7, 11) is 0. The number of aromatic amines is 1. The van der Waals surface area contributed by atoms with Crippen molar-refractivity contribution < 1.29 is 54.6 Å². The first-order valence-electron chi connectivity index (χ1n) is 11.0. The van der Waals surface area contributed by atoms with Gasteiger partial charge in [0.2, 0.25) is 0 Å². The van der Waals surface area contributed by atoms with Gasteiger partial charge in [-0.3, -0.25) is 14.8 Å². The topological polar surface area (TPSA) is 137 Å². The normalized spacial score (nSPS) is 14.8. The fourth-order valence-corrected chi connectivity index (χ4v) is 3.99. The van der Waals surface area contributed by atoms with E-state index in [1.54, 1.807) is 0 Å².